The molecule has 17 heteroatoms. The Balaban J connectivity index is 0.663. The quantitative estimate of drug-likeness (QED) is 0.109. The van der Waals surface area contributed by atoms with Gasteiger partial charge in [-0.3, -0.25) is 39.1 Å². The first-order valence-corrected chi connectivity index (χ1v) is 22.4. The number of aromatic nitrogens is 2. The Labute approximate surface area is 371 Å². The second-order valence-electron chi connectivity index (χ2n) is 17.0. The standard InChI is InChI=1S/C47H55N9O8/c48-43(58)41-42(32-6-9-35(10-7-32)64-34-4-2-1-3-5-34)51-56-38(14-17-49-44(41)56)31-15-18-52(19-16-31)24-26-62-28-29-63-27-25-53-20-22-54(23-21-53)33-8-11-36-37(30-33)47(61)55(46(36)60)39-12-13-40(57)50-45(39)59/h1-11,30-31,38-39,49H,12-29H2,(H2,48,58)(H,50,57,59). The van der Waals surface area contributed by atoms with E-state index in [1.54, 1.807) is 12.1 Å². The fraction of sp³-hybridized carbons (Fsp3) is 0.447. The van der Waals surface area contributed by atoms with E-state index in [0.29, 0.717) is 60.7 Å². The van der Waals surface area contributed by atoms with Crippen molar-refractivity contribution in [2.24, 2.45) is 11.7 Å². The highest BCUT2D eigenvalue weighted by molar-refractivity contribution is 6.23. The summed E-state index contributed by atoms with van der Waals surface area (Å²) in [7, 11) is 0. The number of amides is 5. The lowest BCUT2D eigenvalue weighted by Gasteiger charge is -2.38. The van der Waals surface area contributed by atoms with E-state index >= 15 is 0 Å². The number of benzene rings is 3. The van der Waals surface area contributed by atoms with Gasteiger partial charge in [-0.25, -0.2) is 4.68 Å². The van der Waals surface area contributed by atoms with Crippen molar-refractivity contribution in [3.8, 4) is 22.8 Å². The molecule has 64 heavy (non-hydrogen) atoms. The van der Waals surface area contributed by atoms with Crippen molar-refractivity contribution >= 4 is 41.0 Å². The summed E-state index contributed by atoms with van der Waals surface area (Å²) < 4.78 is 19.9. The summed E-state index contributed by atoms with van der Waals surface area (Å²) in [6, 6.07) is 21.7. The molecule has 5 aliphatic rings. The number of fused-ring (bicyclic) bond motifs is 2. The number of imide groups is 2. The molecule has 1 aromatic heterocycles. The van der Waals surface area contributed by atoms with Gasteiger partial charge in [0, 0.05) is 63.5 Å². The Hall–Kier alpha value is -6.14. The van der Waals surface area contributed by atoms with Gasteiger partial charge < -0.3 is 35.1 Å². The number of nitrogens with two attached hydrogens (primary N) is 1. The average Bonchev–Trinajstić information content (AvgIpc) is 3.83. The largest absolute Gasteiger partial charge is 0.457 e. The highest BCUT2D eigenvalue weighted by atomic mass is 16.5. The number of piperidine rings is 2. The molecular weight excluding hydrogens is 819 g/mol. The Morgan fingerprint density at radius 2 is 1.41 bits per heavy atom. The Morgan fingerprint density at radius 1 is 0.734 bits per heavy atom. The first-order valence-electron chi connectivity index (χ1n) is 22.4. The number of primary amides is 1. The summed E-state index contributed by atoms with van der Waals surface area (Å²) in [6.07, 6.45) is 3.22. The van der Waals surface area contributed by atoms with Crippen LogP contribution < -0.4 is 26.0 Å². The molecular formula is C47H55N9O8. The molecule has 4 aromatic rings. The summed E-state index contributed by atoms with van der Waals surface area (Å²) in [5, 5.41) is 10.7. The first kappa shape index (κ1) is 43.1. The molecule has 0 saturated carbocycles. The predicted molar refractivity (Wildman–Crippen MR) is 237 cm³/mol. The Kier molecular flexibility index (Phi) is 13.0. The molecule has 2 atom stereocenters. The molecule has 2 unspecified atom stereocenters. The first-order chi connectivity index (χ1) is 31.2. The van der Waals surface area contributed by atoms with Gasteiger partial charge in [0.2, 0.25) is 11.8 Å². The Bertz CT molecular complexity index is 2360. The zero-order valence-corrected chi connectivity index (χ0v) is 35.9. The van der Waals surface area contributed by atoms with Gasteiger partial charge in [0.15, 0.2) is 0 Å². The zero-order valence-electron chi connectivity index (χ0n) is 35.9. The predicted octanol–water partition coefficient (Wildman–Crippen LogP) is 3.77. The molecule has 0 radical (unpaired) electrons. The average molecular weight is 874 g/mol. The molecule has 3 saturated heterocycles. The molecule has 3 aromatic carbocycles. The number of nitrogens with zero attached hydrogens (tertiary/aromatic N) is 6. The number of anilines is 2. The molecule has 0 aliphatic carbocycles. The third-order valence-corrected chi connectivity index (χ3v) is 13.1. The summed E-state index contributed by atoms with van der Waals surface area (Å²) in [5.41, 5.74) is 9.23. The maximum atomic E-state index is 13.3. The topological polar surface area (TPSA) is 194 Å². The lowest BCUT2D eigenvalue weighted by molar-refractivity contribution is -0.136. The van der Waals surface area contributed by atoms with Crippen molar-refractivity contribution in [1.82, 2.24) is 29.8 Å². The third kappa shape index (κ3) is 9.24. The molecule has 336 valence electrons. The smallest absolute Gasteiger partial charge is 0.262 e. The van der Waals surface area contributed by atoms with E-state index in [1.165, 1.54) is 0 Å². The molecule has 5 amide bonds. The van der Waals surface area contributed by atoms with Crippen molar-refractivity contribution in [3.05, 3.63) is 89.5 Å². The maximum absolute atomic E-state index is 13.3. The number of piperazine rings is 1. The van der Waals surface area contributed by atoms with Crippen LogP contribution in [0.2, 0.25) is 0 Å². The Morgan fingerprint density at radius 3 is 2.09 bits per heavy atom. The van der Waals surface area contributed by atoms with E-state index in [9.17, 15) is 24.0 Å². The van der Waals surface area contributed by atoms with E-state index in [0.717, 1.165) is 100 Å². The van der Waals surface area contributed by atoms with Gasteiger partial charge in [-0.05, 0) is 99.3 Å². The fourth-order valence-corrected chi connectivity index (χ4v) is 9.64. The van der Waals surface area contributed by atoms with Gasteiger partial charge in [0.25, 0.3) is 17.7 Å². The van der Waals surface area contributed by atoms with E-state index < -0.39 is 35.6 Å². The summed E-state index contributed by atoms with van der Waals surface area (Å²) in [6.45, 7) is 9.89. The molecule has 9 rings (SSSR count). The van der Waals surface area contributed by atoms with E-state index in [2.05, 4.69) is 25.3 Å². The number of carbonyl (C=O) groups is 5. The number of carbonyl (C=O) groups excluding carboxylic acids is 5. The van der Waals surface area contributed by atoms with Crippen molar-refractivity contribution in [2.75, 3.05) is 95.5 Å². The molecule has 0 spiro atoms. The van der Waals surface area contributed by atoms with Crippen LogP contribution in [0.3, 0.4) is 0 Å². The van der Waals surface area contributed by atoms with Crippen LogP contribution in [0.25, 0.3) is 11.3 Å². The van der Waals surface area contributed by atoms with Gasteiger partial charge in [0.1, 0.15) is 34.6 Å². The second-order valence-corrected chi connectivity index (χ2v) is 17.0. The summed E-state index contributed by atoms with van der Waals surface area (Å²) >= 11 is 0. The molecule has 5 aliphatic heterocycles. The molecule has 6 heterocycles. The van der Waals surface area contributed by atoms with Gasteiger partial charge in [-0.15, -0.1) is 0 Å². The van der Waals surface area contributed by atoms with E-state index in [4.69, 9.17) is 25.0 Å². The number of rotatable bonds is 16. The van der Waals surface area contributed by atoms with Crippen molar-refractivity contribution in [2.45, 2.75) is 44.2 Å². The van der Waals surface area contributed by atoms with Crippen LogP contribution in [0.5, 0.6) is 11.5 Å². The lowest BCUT2D eigenvalue weighted by Crippen LogP contribution is -2.54. The monoisotopic (exact) mass is 873 g/mol. The van der Waals surface area contributed by atoms with Crippen molar-refractivity contribution in [1.29, 1.82) is 0 Å². The number of hydrogen-bond donors (Lipinski definition) is 3. The van der Waals surface area contributed by atoms with Crippen molar-refractivity contribution in [3.63, 3.8) is 0 Å². The number of ether oxygens (including phenoxy) is 3. The van der Waals surface area contributed by atoms with Crippen LogP contribution in [-0.4, -0.2) is 145 Å². The normalized spacial score (nSPS) is 20.8. The van der Waals surface area contributed by atoms with E-state index in [-0.39, 0.29) is 24.4 Å². The van der Waals surface area contributed by atoms with Crippen LogP contribution >= 0.6 is 0 Å². The molecule has 17 nitrogen and oxygen atoms in total. The minimum atomic E-state index is -0.977. The summed E-state index contributed by atoms with van der Waals surface area (Å²) in [5.74, 6) is 0.0908. The van der Waals surface area contributed by atoms with Crippen molar-refractivity contribution < 1.29 is 38.2 Å². The highest BCUT2D eigenvalue weighted by Gasteiger charge is 2.45. The molecule has 3 fully saturated rings. The maximum Gasteiger partial charge on any atom is 0.262 e. The van der Waals surface area contributed by atoms with Crippen LogP contribution in [0.15, 0.2) is 72.8 Å². The number of nitrogens with one attached hydrogen (secondary N) is 2. The minimum absolute atomic E-state index is 0.0884. The SMILES string of the molecule is NC(=O)c1c(-c2ccc(Oc3ccccc3)cc2)nn2c1NCCC2C1CCN(CCOCCOCCN2CCN(c3ccc4c(c3)C(=O)N(C3CCC(=O)NC3=O)C4=O)CC2)CC1. The minimum Gasteiger partial charge on any atom is -0.457 e. The van der Waals surface area contributed by atoms with Crippen LogP contribution in [0.4, 0.5) is 11.5 Å². The van der Waals surface area contributed by atoms with Crippen LogP contribution in [0.1, 0.15) is 69.2 Å². The van der Waals surface area contributed by atoms with Gasteiger partial charge >= 0.3 is 0 Å². The molecule has 0 bridgehead atoms. The number of hydrogen-bond acceptors (Lipinski definition) is 13. The second kappa shape index (κ2) is 19.3. The number of likely N-dealkylation sites (tertiary alicyclic amines) is 1. The third-order valence-electron chi connectivity index (χ3n) is 13.1. The van der Waals surface area contributed by atoms with Crippen LogP contribution in [0, 0.1) is 5.92 Å². The number of para-hydroxylation sites is 1. The lowest BCUT2D eigenvalue weighted by atomic mass is 9.87. The van der Waals surface area contributed by atoms with Gasteiger partial charge in [-0.2, -0.15) is 5.10 Å². The fourth-order valence-electron chi connectivity index (χ4n) is 9.64. The molecule has 4 N–H and O–H groups in total. The summed E-state index contributed by atoms with van der Waals surface area (Å²) in [4.78, 5) is 71.2. The highest BCUT2D eigenvalue weighted by Crippen LogP contribution is 2.40. The van der Waals surface area contributed by atoms with E-state index in [1.807, 2.05) is 65.3 Å². The van der Waals surface area contributed by atoms with Gasteiger partial charge in [-0.1, -0.05) is 18.2 Å². The van der Waals surface area contributed by atoms with Crippen LogP contribution in [-0.2, 0) is 19.1 Å². The zero-order chi connectivity index (χ0) is 44.2. The van der Waals surface area contributed by atoms with Gasteiger partial charge in [0.05, 0.1) is 43.6 Å².